The number of hydrogen-bond acceptors (Lipinski definition) is 6. The number of nitrogens with zero attached hydrogens (tertiary/aromatic N) is 5. The van der Waals surface area contributed by atoms with Crippen molar-refractivity contribution in [3.05, 3.63) is 89.7 Å². The molecule has 7 nitrogen and oxygen atoms in total. The van der Waals surface area contributed by atoms with Crippen molar-refractivity contribution in [3.8, 4) is 0 Å². The number of ether oxygens (including phenoxy) is 1. The Kier molecular flexibility index (Phi) is 8.79. The third kappa shape index (κ3) is 6.78. The van der Waals surface area contributed by atoms with E-state index in [2.05, 4.69) is 79.4 Å². The van der Waals surface area contributed by atoms with Gasteiger partial charge in [0, 0.05) is 77.7 Å². The van der Waals surface area contributed by atoms with Gasteiger partial charge in [-0.05, 0) is 35.9 Å². The molecule has 0 aliphatic carbocycles. The first-order valence-electron chi connectivity index (χ1n) is 13.8. The van der Waals surface area contributed by atoms with Gasteiger partial charge in [-0.15, -0.1) is 0 Å². The molecule has 2 aliphatic rings. The van der Waals surface area contributed by atoms with Crippen molar-refractivity contribution >= 4 is 34.6 Å². The molecule has 0 radical (unpaired) electrons. The Hall–Kier alpha value is -3.42. The van der Waals surface area contributed by atoms with E-state index in [1.54, 1.807) is 0 Å². The number of para-hydroxylation sites is 2. The lowest BCUT2D eigenvalue weighted by atomic mass is 10.2. The second-order valence-corrected chi connectivity index (χ2v) is 10.6. The van der Waals surface area contributed by atoms with Crippen LogP contribution in [-0.2, 0) is 22.6 Å². The van der Waals surface area contributed by atoms with Crippen LogP contribution in [0.25, 0.3) is 5.70 Å². The minimum absolute atomic E-state index is 0.254. The fraction of sp³-hybridized carbons (Fsp3) is 0.387. The van der Waals surface area contributed by atoms with E-state index in [9.17, 15) is 4.79 Å². The first-order chi connectivity index (χ1) is 19.0. The lowest BCUT2D eigenvalue weighted by Crippen LogP contribution is -2.46. The highest BCUT2D eigenvalue weighted by atomic mass is 35.5. The molecule has 3 aromatic rings. The number of halogens is 1. The molecular weight excluding hydrogens is 510 g/mol. The maximum absolute atomic E-state index is 11.4. The number of anilines is 2. The molecule has 206 valence electrons. The van der Waals surface area contributed by atoms with Crippen LogP contribution in [0.5, 0.6) is 0 Å². The number of carbonyl (C=O) groups is 1. The highest BCUT2D eigenvalue weighted by Crippen LogP contribution is 2.28. The van der Waals surface area contributed by atoms with Gasteiger partial charge in [0.15, 0.2) is 0 Å². The number of benzene rings is 2. The molecule has 0 saturated carbocycles. The Morgan fingerprint density at radius 2 is 1.56 bits per heavy atom. The molecule has 0 atom stereocenters. The van der Waals surface area contributed by atoms with Gasteiger partial charge in [-0.3, -0.25) is 9.69 Å². The lowest BCUT2D eigenvalue weighted by Gasteiger charge is -2.38. The summed E-state index contributed by atoms with van der Waals surface area (Å²) in [5.41, 5.74) is 5.76. The molecule has 2 fully saturated rings. The van der Waals surface area contributed by atoms with Crippen molar-refractivity contribution in [2.75, 3.05) is 68.8 Å². The van der Waals surface area contributed by atoms with Crippen molar-refractivity contribution in [2.45, 2.75) is 20.0 Å². The summed E-state index contributed by atoms with van der Waals surface area (Å²) in [4.78, 5) is 21.0. The van der Waals surface area contributed by atoms with Crippen LogP contribution in [0.4, 0.5) is 11.4 Å². The van der Waals surface area contributed by atoms with Crippen molar-refractivity contribution in [1.29, 1.82) is 0 Å². The summed E-state index contributed by atoms with van der Waals surface area (Å²) in [7, 11) is 0. The van der Waals surface area contributed by atoms with Crippen LogP contribution in [-0.4, -0.2) is 79.3 Å². The van der Waals surface area contributed by atoms with E-state index in [-0.39, 0.29) is 5.97 Å². The molecule has 8 heteroatoms. The molecule has 0 amide bonds. The first-order valence-corrected chi connectivity index (χ1v) is 14.1. The van der Waals surface area contributed by atoms with Crippen molar-refractivity contribution in [1.82, 2.24) is 14.4 Å². The second kappa shape index (κ2) is 12.6. The Bertz CT molecular complexity index is 1260. The highest BCUT2D eigenvalue weighted by Gasteiger charge is 2.23. The minimum Gasteiger partial charge on any atom is -0.464 e. The Balaban J connectivity index is 1.23. The molecule has 1 aromatic heterocycles. The van der Waals surface area contributed by atoms with Crippen LogP contribution in [0, 0.1) is 0 Å². The van der Waals surface area contributed by atoms with Crippen LogP contribution in [0.3, 0.4) is 0 Å². The van der Waals surface area contributed by atoms with Gasteiger partial charge in [-0.25, -0.2) is 0 Å². The van der Waals surface area contributed by atoms with Crippen LogP contribution in [0.1, 0.15) is 18.2 Å². The summed E-state index contributed by atoms with van der Waals surface area (Å²) in [6.07, 6.45) is 2.20. The summed E-state index contributed by atoms with van der Waals surface area (Å²) in [5.74, 6) is -0.254. The number of piperazine rings is 2. The number of esters is 1. The fourth-order valence-corrected chi connectivity index (χ4v) is 5.78. The molecule has 5 rings (SSSR count). The third-order valence-electron chi connectivity index (χ3n) is 7.64. The highest BCUT2D eigenvalue weighted by molar-refractivity contribution is 6.33. The molecular formula is C31H38ClN5O2. The van der Waals surface area contributed by atoms with E-state index in [0.29, 0.717) is 13.2 Å². The minimum atomic E-state index is -0.254. The molecule has 2 aromatic carbocycles. The second-order valence-electron chi connectivity index (χ2n) is 10.2. The van der Waals surface area contributed by atoms with Crippen molar-refractivity contribution in [3.63, 3.8) is 0 Å². The van der Waals surface area contributed by atoms with Gasteiger partial charge in [-0.2, -0.15) is 0 Å². The Morgan fingerprint density at radius 3 is 2.26 bits per heavy atom. The summed E-state index contributed by atoms with van der Waals surface area (Å²) < 4.78 is 7.47. The van der Waals surface area contributed by atoms with Gasteiger partial charge in [0.1, 0.15) is 6.61 Å². The van der Waals surface area contributed by atoms with Gasteiger partial charge >= 0.3 is 5.97 Å². The molecule has 2 saturated heterocycles. The maximum atomic E-state index is 11.4. The zero-order valence-electron chi connectivity index (χ0n) is 22.8. The van der Waals surface area contributed by atoms with Crippen LogP contribution in [0.15, 0.2) is 73.4 Å². The first kappa shape index (κ1) is 27.2. The SMILES string of the molecule is C=C(c1cc(CN2CCN(c3ccccc3Cl)CC2)cn1CCOC(C)=O)N1CCN(c2ccccc2)CC1. The molecule has 39 heavy (non-hydrogen) atoms. The van der Waals surface area contributed by atoms with E-state index in [1.807, 2.05) is 18.2 Å². The van der Waals surface area contributed by atoms with Gasteiger partial charge in [0.2, 0.25) is 0 Å². The number of rotatable bonds is 9. The van der Waals surface area contributed by atoms with Crippen LogP contribution >= 0.6 is 11.6 Å². The van der Waals surface area contributed by atoms with Crippen LogP contribution < -0.4 is 9.80 Å². The van der Waals surface area contributed by atoms with Gasteiger partial charge in [0.05, 0.1) is 28.6 Å². The predicted molar refractivity (Wildman–Crippen MR) is 159 cm³/mol. The lowest BCUT2D eigenvalue weighted by molar-refractivity contribution is -0.141. The summed E-state index contributed by atoms with van der Waals surface area (Å²) in [5, 5.41) is 0.809. The molecule has 0 unspecified atom stereocenters. The third-order valence-corrected chi connectivity index (χ3v) is 7.96. The molecule has 0 spiro atoms. The average Bonchev–Trinajstić information content (AvgIpc) is 3.36. The van der Waals surface area contributed by atoms with Crippen molar-refractivity contribution < 1.29 is 9.53 Å². The number of carbonyl (C=O) groups excluding carboxylic acids is 1. The van der Waals surface area contributed by atoms with Crippen molar-refractivity contribution in [2.24, 2.45) is 0 Å². The molecule has 2 aliphatic heterocycles. The smallest absolute Gasteiger partial charge is 0.302 e. The maximum Gasteiger partial charge on any atom is 0.302 e. The standard InChI is InChI=1S/C31H38ClN5O2/c1-25(34-16-18-35(19-17-34)28-8-4-3-5-9-28)31-22-27(24-37(31)20-21-39-26(2)38)23-33-12-14-36(15-13-33)30-11-7-6-10-29(30)32/h3-11,22,24H,1,12-21,23H2,2H3. The van der Waals surface area contributed by atoms with Gasteiger partial charge in [0.25, 0.3) is 0 Å². The van der Waals surface area contributed by atoms with Gasteiger partial charge < -0.3 is 24.0 Å². The number of aromatic nitrogens is 1. The Morgan fingerprint density at radius 1 is 0.897 bits per heavy atom. The van der Waals surface area contributed by atoms with E-state index >= 15 is 0 Å². The Labute approximate surface area is 236 Å². The topological polar surface area (TPSA) is 44.2 Å². The fourth-order valence-electron chi connectivity index (χ4n) is 5.52. The molecule has 3 heterocycles. The van der Waals surface area contributed by atoms with Gasteiger partial charge in [-0.1, -0.05) is 48.5 Å². The number of hydrogen-bond donors (Lipinski definition) is 0. The van der Waals surface area contributed by atoms with E-state index in [1.165, 1.54) is 18.2 Å². The monoisotopic (exact) mass is 547 g/mol. The normalized spacial score (nSPS) is 16.4. The molecule has 0 N–H and O–H groups in total. The summed E-state index contributed by atoms with van der Waals surface area (Å²) >= 11 is 6.43. The van der Waals surface area contributed by atoms with E-state index in [4.69, 9.17) is 16.3 Å². The summed E-state index contributed by atoms with van der Waals surface area (Å²) in [6, 6.07) is 20.9. The quantitative estimate of drug-likeness (QED) is 0.358. The zero-order chi connectivity index (χ0) is 27.2. The van der Waals surface area contributed by atoms with E-state index < -0.39 is 0 Å². The van der Waals surface area contributed by atoms with E-state index in [0.717, 1.165) is 81.0 Å². The van der Waals surface area contributed by atoms with Crippen LogP contribution in [0.2, 0.25) is 5.02 Å². The predicted octanol–water partition coefficient (Wildman–Crippen LogP) is 4.82. The zero-order valence-corrected chi connectivity index (χ0v) is 23.5. The average molecular weight is 548 g/mol. The summed E-state index contributed by atoms with van der Waals surface area (Å²) in [6.45, 7) is 15.4. The largest absolute Gasteiger partial charge is 0.464 e. The molecule has 0 bridgehead atoms.